The molecule has 0 unspecified atom stereocenters. The third kappa shape index (κ3) is 3.72. The molecule has 4 rings (SSSR count). The average Bonchev–Trinajstić information content (AvgIpc) is 3.16. The van der Waals surface area contributed by atoms with Crippen molar-refractivity contribution in [3.05, 3.63) is 59.8 Å². The summed E-state index contributed by atoms with van der Waals surface area (Å²) in [7, 11) is -3.66. The molecule has 0 atom stereocenters. The Labute approximate surface area is 168 Å². The van der Waals surface area contributed by atoms with Crippen molar-refractivity contribution in [2.24, 2.45) is 0 Å². The second kappa shape index (κ2) is 7.66. The molecule has 1 aliphatic rings. The van der Waals surface area contributed by atoms with Crippen LogP contribution in [0.25, 0.3) is 11.0 Å². The topological polar surface area (TPSA) is 108 Å². The lowest BCUT2D eigenvalue weighted by atomic mass is 10.1. The highest BCUT2D eigenvalue weighted by molar-refractivity contribution is 7.89. The molecule has 29 heavy (non-hydrogen) atoms. The van der Waals surface area contributed by atoms with Crippen LogP contribution in [0.15, 0.2) is 57.9 Å². The number of aromatic nitrogens is 1. The third-order valence-corrected chi connectivity index (χ3v) is 6.90. The summed E-state index contributed by atoms with van der Waals surface area (Å²) in [4.78, 5) is 14.4. The molecule has 1 saturated heterocycles. The highest BCUT2D eigenvalue weighted by atomic mass is 32.2. The zero-order valence-corrected chi connectivity index (χ0v) is 16.3. The van der Waals surface area contributed by atoms with Gasteiger partial charge in [0.25, 0.3) is 0 Å². The van der Waals surface area contributed by atoms with Gasteiger partial charge in [0.05, 0.1) is 22.9 Å². The van der Waals surface area contributed by atoms with Crippen LogP contribution in [-0.2, 0) is 21.2 Å². The number of carbonyl (C=O) groups excluding carboxylic acids is 1. The molecular weight excluding hydrogens is 392 g/mol. The molecule has 0 radical (unpaired) electrons. The first-order chi connectivity index (χ1) is 14.0. The summed E-state index contributed by atoms with van der Waals surface area (Å²) >= 11 is 0. The Hall–Kier alpha value is -3.22. The summed E-state index contributed by atoms with van der Waals surface area (Å²) in [5, 5.41) is 13.6. The Bertz CT molecular complexity index is 1190. The Morgan fingerprint density at radius 1 is 1.07 bits per heavy atom. The van der Waals surface area contributed by atoms with Gasteiger partial charge in [0.2, 0.25) is 15.9 Å². The number of benzene rings is 2. The molecule has 0 N–H and O–H groups in total. The van der Waals surface area contributed by atoms with Gasteiger partial charge in [-0.3, -0.25) is 4.79 Å². The molecule has 1 aromatic heterocycles. The van der Waals surface area contributed by atoms with Crippen molar-refractivity contribution < 1.29 is 17.7 Å². The third-order valence-electron chi connectivity index (χ3n) is 4.98. The van der Waals surface area contributed by atoms with Crippen molar-refractivity contribution in [1.29, 1.82) is 5.26 Å². The average molecular weight is 410 g/mol. The van der Waals surface area contributed by atoms with E-state index in [0.29, 0.717) is 29.9 Å². The van der Waals surface area contributed by atoms with Crippen LogP contribution >= 0.6 is 0 Å². The molecule has 3 aromatic rings. The van der Waals surface area contributed by atoms with Crippen molar-refractivity contribution >= 4 is 26.9 Å². The van der Waals surface area contributed by atoms with Crippen LogP contribution in [0.5, 0.6) is 0 Å². The molecule has 1 amide bonds. The number of rotatable bonds is 4. The molecular formula is C20H18N4O4S. The van der Waals surface area contributed by atoms with Crippen molar-refractivity contribution in [1.82, 2.24) is 14.4 Å². The van der Waals surface area contributed by atoms with Gasteiger partial charge in [0.1, 0.15) is 5.69 Å². The number of amides is 1. The van der Waals surface area contributed by atoms with E-state index in [1.807, 2.05) is 24.3 Å². The van der Waals surface area contributed by atoms with E-state index in [1.165, 1.54) is 28.6 Å². The maximum atomic E-state index is 12.8. The van der Waals surface area contributed by atoms with E-state index < -0.39 is 10.0 Å². The van der Waals surface area contributed by atoms with Gasteiger partial charge in [-0.2, -0.15) is 9.57 Å². The molecule has 2 aromatic carbocycles. The van der Waals surface area contributed by atoms with Crippen LogP contribution in [0.4, 0.5) is 0 Å². The monoisotopic (exact) mass is 410 g/mol. The normalized spacial score (nSPS) is 15.3. The minimum absolute atomic E-state index is 0.111. The van der Waals surface area contributed by atoms with E-state index in [9.17, 15) is 13.2 Å². The number of carbonyl (C=O) groups is 1. The van der Waals surface area contributed by atoms with Gasteiger partial charge in [-0.05, 0) is 36.4 Å². The number of nitriles is 1. The second-order valence-corrected chi connectivity index (χ2v) is 8.66. The summed E-state index contributed by atoms with van der Waals surface area (Å²) < 4.78 is 32.2. The first-order valence-electron chi connectivity index (χ1n) is 9.10. The van der Waals surface area contributed by atoms with Crippen molar-refractivity contribution in [3.8, 4) is 6.07 Å². The van der Waals surface area contributed by atoms with Crippen LogP contribution in [-0.4, -0.2) is 54.9 Å². The fraction of sp³-hybridized carbons (Fsp3) is 0.250. The molecule has 9 heteroatoms. The van der Waals surface area contributed by atoms with Gasteiger partial charge in [0.15, 0.2) is 5.58 Å². The number of nitrogens with zero attached hydrogens (tertiary/aromatic N) is 4. The van der Waals surface area contributed by atoms with Gasteiger partial charge in [-0.25, -0.2) is 8.42 Å². The van der Waals surface area contributed by atoms with Gasteiger partial charge < -0.3 is 9.42 Å². The van der Waals surface area contributed by atoms with Crippen molar-refractivity contribution in [3.63, 3.8) is 0 Å². The first kappa shape index (κ1) is 19.1. The molecule has 1 aliphatic heterocycles. The lowest BCUT2D eigenvalue weighted by molar-refractivity contribution is -0.131. The highest BCUT2D eigenvalue weighted by Gasteiger charge is 2.30. The molecule has 0 saturated carbocycles. The molecule has 0 bridgehead atoms. The SMILES string of the molecule is N#Cc1ccc(S(=O)(=O)N2CCN(C(=O)Cc3noc4ccccc34)CC2)cc1. The number of hydrogen-bond donors (Lipinski definition) is 0. The summed E-state index contributed by atoms with van der Waals surface area (Å²) in [5.41, 5.74) is 1.62. The number of sulfonamides is 1. The number of fused-ring (bicyclic) bond motifs is 1. The van der Waals surface area contributed by atoms with Crippen LogP contribution in [0.1, 0.15) is 11.3 Å². The smallest absolute Gasteiger partial charge is 0.243 e. The van der Waals surface area contributed by atoms with Gasteiger partial charge in [-0.1, -0.05) is 17.3 Å². The number of para-hydroxylation sites is 1. The lowest BCUT2D eigenvalue weighted by Gasteiger charge is -2.34. The summed E-state index contributed by atoms with van der Waals surface area (Å²) in [6, 6.07) is 15.1. The Morgan fingerprint density at radius 2 is 1.76 bits per heavy atom. The Kier molecular flexibility index (Phi) is 5.05. The molecule has 0 spiro atoms. The fourth-order valence-electron chi connectivity index (χ4n) is 3.35. The fourth-order valence-corrected chi connectivity index (χ4v) is 4.77. The molecule has 0 aliphatic carbocycles. The van der Waals surface area contributed by atoms with Crippen LogP contribution in [0.3, 0.4) is 0 Å². The van der Waals surface area contributed by atoms with Crippen molar-refractivity contribution in [2.75, 3.05) is 26.2 Å². The minimum atomic E-state index is -3.66. The second-order valence-electron chi connectivity index (χ2n) is 6.72. The summed E-state index contributed by atoms with van der Waals surface area (Å²) in [6.07, 6.45) is 0.111. The van der Waals surface area contributed by atoms with E-state index in [-0.39, 0.29) is 30.3 Å². The predicted octanol–water partition coefficient (Wildman–Crippen LogP) is 1.78. The zero-order chi connectivity index (χ0) is 20.4. The minimum Gasteiger partial charge on any atom is -0.356 e. The highest BCUT2D eigenvalue weighted by Crippen LogP contribution is 2.21. The van der Waals surface area contributed by atoms with E-state index in [0.717, 1.165) is 5.39 Å². The van der Waals surface area contributed by atoms with E-state index >= 15 is 0 Å². The van der Waals surface area contributed by atoms with Crippen LogP contribution < -0.4 is 0 Å². The van der Waals surface area contributed by atoms with Gasteiger partial charge in [-0.15, -0.1) is 0 Å². The van der Waals surface area contributed by atoms with E-state index in [2.05, 4.69) is 5.16 Å². The number of piperazine rings is 1. The predicted molar refractivity (Wildman–Crippen MR) is 104 cm³/mol. The molecule has 2 heterocycles. The lowest BCUT2D eigenvalue weighted by Crippen LogP contribution is -2.50. The molecule has 148 valence electrons. The maximum Gasteiger partial charge on any atom is 0.243 e. The number of hydrogen-bond acceptors (Lipinski definition) is 6. The first-order valence-corrected chi connectivity index (χ1v) is 10.5. The molecule has 1 fully saturated rings. The van der Waals surface area contributed by atoms with E-state index in [4.69, 9.17) is 9.78 Å². The summed E-state index contributed by atoms with van der Waals surface area (Å²) in [5.74, 6) is -0.112. The Balaban J connectivity index is 1.40. The molecule has 8 nitrogen and oxygen atoms in total. The van der Waals surface area contributed by atoms with E-state index in [1.54, 1.807) is 11.0 Å². The van der Waals surface area contributed by atoms with Crippen molar-refractivity contribution in [2.45, 2.75) is 11.3 Å². The summed E-state index contributed by atoms with van der Waals surface area (Å²) in [6.45, 7) is 1.05. The zero-order valence-electron chi connectivity index (χ0n) is 15.5. The van der Waals surface area contributed by atoms with Gasteiger partial charge >= 0.3 is 0 Å². The largest absolute Gasteiger partial charge is 0.356 e. The van der Waals surface area contributed by atoms with Crippen LogP contribution in [0.2, 0.25) is 0 Å². The van der Waals surface area contributed by atoms with Crippen LogP contribution in [0, 0.1) is 11.3 Å². The van der Waals surface area contributed by atoms with Gasteiger partial charge in [0, 0.05) is 31.6 Å². The maximum absolute atomic E-state index is 12.8. The standard InChI is InChI=1S/C20H18N4O4S/c21-14-15-5-7-16(8-6-15)29(26,27)24-11-9-23(10-12-24)20(25)13-18-17-3-1-2-4-19(17)28-22-18/h1-8H,9-13H2. The quantitative estimate of drug-likeness (QED) is 0.649. The Morgan fingerprint density at radius 3 is 2.45 bits per heavy atom.